The summed E-state index contributed by atoms with van der Waals surface area (Å²) in [5, 5.41) is 13.7. The fraction of sp³-hybridized carbons (Fsp3) is 0.0800. The van der Waals surface area contributed by atoms with Crippen molar-refractivity contribution in [3.8, 4) is 27.6 Å². The highest BCUT2D eigenvalue weighted by Crippen LogP contribution is 2.32. The molecule has 0 spiro atoms. The number of thiazole rings is 1. The minimum atomic E-state index is 0.697. The third-order valence-electron chi connectivity index (χ3n) is 4.95. The van der Waals surface area contributed by atoms with Gasteiger partial charge in [-0.3, -0.25) is 4.57 Å². The van der Waals surface area contributed by atoms with Gasteiger partial charge in [0.15, 0.2) is 11.0 Å². The molecule has 0 aliphatic heterocycles. The molecule has 3 aromatic carbocycles. The Bertz CT molecular complexity index is 1330. The Morgan fingerprint density at radius 1 is 0.875 bits per heavy atom. The number of aromatic nitrogens is 4. The van der Waals surface area contributed by atoms with Crippen LogP contribution in [0, 0.1) is 6.92 Å². The maximum Gasteiger partial charge on any atom is 0.196 e. The monoisotopic (exact) mass is 474 g/mol. The Balaban J connectivity index is 1.45. The molecule has 0 saturated carbocycles. The van der Waals surface area contributed by atoms with Gasteiger partial charge in [0.1, 0.15) is 5.01 Å². The topological polar surface area (TPSA) is 43.6 Å². The van der Waals surface area contributed by atoms with Gasteiger partial charge < -0.3 is 0 Å². The van der Waals surface area contributed by atoms with E-state index >= 15 is 0 Å². The van der Waals surface area contributed by atoms with Crippen LogP contribution in [0.5, 0.6) is 0 Å². The molecule has 2 heterocycles. The molecule has 0 N–H and O–H groups in total. The van der Waals surface area contributed by atoms with Crippen LogP contribution in [0.3, 0.4) is 0 Å². The summed E-state index contributed by atoms with van der Waals surface area (Å²) < 4.78 is 2.10. The van der Waals surface area contributed by atoms with Crippen molar-refractivity contribution in [2.45, 2.75) is 17.8 Å². The predicted molar refractivity (Wildman–Crippen MR) is 134 cm³/mol. The summed E-state index contributed by atoms with van der Waals surface area (Å²) in [5.41, 5.74) is 5.37. The number of benzene rings is 3. The molecule has 158 valence electrons. The van der Waals surface area contributed by atoms with Crippen LogP contribution in [0.15, 0.2) is 89.4 Å². The van der Waals surface area contributed by atoms with Gasteiger partial charge in [0, 0.05) is 33.0 Å². The highest BCUT2D eigenvalue weighted by Gasteiger charge is 2.17. The molecule has 0 saturated heterocycles. The number of hydrogen-bond acceptors (Lipinski definition) is 5. The molecule has 4 nitrogen and oxygen atoms in total. The number of halogens is 1. The van der Waals surface area contributed by atoms with E-state index in [1.54, 1.807) is 23.1 Å². The number of rotatable bonds is 6. The molecule has 32 heavy (non-hydrogen) atoms. The van der Waals surface area contributed by atoms with Crippen LogP contribution in [0.4, 0.5) is 0 Å². The van der Waals surface area contributed by atoms with E-state index in [2.05, 4.69) is 63.5 Å². The number of nitrogens with zero attached hydrogens (tertiary/aromatic N) is 4. The van der Waals surface area contributed by atoms with Crippen molar-refractivity contribution in [2.75, 3.05) is 0 Å². The first-order valence-corrected chi connectivity index (χ1v) is 12.3. The van der Waals surface area contributed by atoms with E-state index in [-0.39, 0.29) is 0 Å². The SMILES string of the molecule is Cc1ccc(-n2c(SCc3csc(-c4ccccc4)n3)nnc2-c2ccc(Cl)cc2)cc1. The molecule has 0 aliphatic rings. The number of hydrogen-bond donors (Lipinski definition) is 0. The summed E-state index contributed by atoms with van der Waals surface area (Å²) in [6.07, 6.45) is 0. The Morgan fingerprint density at radius 2 is 1.62 bits per heavy atom. The lowest BCUT2D eigenvalue weighted by molar-refractivity contribution is 0.885. The average Bonchev–Trinajstić information content (AvgIpc) is 3.47. The molecule has 0 amide bonds. The highest BCUT2D eigenvalue weighted by molar-refractivity contribution is 7.98. The van der Waals surface area contributed by atoms with E-state index in [1.807, 2.05) is 42.5 Å². The normalized spacial score (nSPS) is 11.1. The van der Waals surface area contributed by atoms with Crippen LogP contribution in [0.2, 0.25) is 5.02 Å². The lowest BCUT2D eigenvalue weighted by Gasteiger charge is -2.10. The van der Waals surface area contributed by atoms with Crippen molar-refractivity contribution >= 4 is 34.7 Å². The van der Waals surface area contributed by atoms with Crippen LogP contribution in [-0.2, 0) is 5.75 Å². The Morgan fingerprint density at radius 3 is 2.38 bits per heavy atom. The minimum absolute atomic E-state index is 0.697. The second-order valence-corrected chi connectivity index (χ2v) is 9.52. The van der Waals surface area contributed by atoms with Crippen molar-refractivity contribution in [3.05, 3.63) is 101 Å². The zero-order chi connectivity index (χ0) is 21.9. The van der Waals surface area contributed by atoms with Crippen molar-refractivity contribution < 1.29 is 0 Å². The van der Waals surface area contributed by atoms with E-state index in [9.17, 15) is 0 Å². The van der Waals surface area contributed by atoms with Gasteiger partial charge in [-0.05, 0) is 43.3 Å². The third-order valence-corrected chi connectivity index (χ3v) is 7.10. The summed E-state index contributed by atoms with van der Waals surface area (Å²) in [7, 11) is 0. The van der Waals surface area contributed by atoms with Crippen molar-refractivity contribution in [1.82, 2.24) is 19.7 Å². The summed E-state index contributed by atoms with van der Waals surface area (Å²) >= 11 is 9.39. The highest BCUT2D eigenvalue weighted by atomic mass is 35.5. The van der Waals surface area contributed by atoms with E-state index in [1.165, 1.54) is 5.56 Å². The van der Waals surface area contributed by atoms with Gasteiger partial charge >= 0.3 is 0 Å². The minimum Gasteiger partial charge on any atom is -0.270 e. The van der Waals surface area contributed by atoms with Crippen LogP contribution in [0.25, 0.3) is 27.6 Å². The van der Waals surface area contributed by atoms with Crippen molar-refractivity contribution in [2.24, 2.45) is 0 Å². The van der Waals surface area contributed by atoms with Crippen LogP contribution in [-0.4, -0.2) is 19.7 Å². The first-order valence-electron chi connectivity index (χ1n) is 10.1. The zero-order valence-electron chi connectivity index (χ0n) is 17.3. The van der Waals surface area contributed by atoms with Gasteiger partial charge in [-0.2, -0.15) is 0 Å². The molecule has 2 aromatic heterocycles. The summed E-state index contributed by atoms with van der Waals surface area (Å²) in [6, 6.07) is 26.3. The lowest BCUT2D eigenvalue weighted by Crippen LogP contribution is -2.00. The molecule has 0 fully saturated rings. The molecule has 7 heteroatoms. The van der Waals surface area contributed by atoms with E-state index < -0.39 is 0 Å². The summed E-state index contributed by atoms with van der Waals surface area (Å²) in [6.45, 7) is 2.08. The average molecular weight is 475 g/mol. The number of thioether (sulfide) groups is 1. The fourth-order valence-electron chi connectivity index (χ4n) is 3.30. The Kier molecular flexibility index (Phi) is 6.08. The van der Waals surface area contributed by atoms with Crippen molar-refractivity contribution in [1.29, 1.82) is 0 Å². The molecule has 0 atom stereocenters. The standard InChI is InChI=1S/C25H19ClN4S2/c1-17-7-13-22(14-8-17)30-23(18-9-11-20(26)12-10-18)28-29-25(30)32-16-21-15-31-24(27-21)19-5-3-2-4-6-19/h2-15H,16H2,1H3. The van der Waals surface area contributed by atoms with Crippen molar-refractivity contribution in [3.63, 3.8) is 0 Å². The second kappa shape index (κ2) is 9.28. The largest absolute Gasteiger partial charge is 0.270 e. The van der Waals surface area contributed by atoms with Gasteiger partial charge in [0.25, 0.3) is 0 Å². The van der Waals surface area contributed by atoms with Gasteiger partial charge in [0.05, 0.1) is 5.69 Å². The molecule has 0 bridgehead atoms. The lowest BCUT2D eigenvalue weighted by atomic mass is 10.2. The van der Waals surface area contributed by atoms with E-state index in [0.717, 1.165) is 38.5 Å². The van der Waals surface area contributed by atoms with E-state index in [0.29, 0.717) is 10.8 Å². The van der Waals surface area contributed by atoms with Gasteiger partial charge in [0.2, 0.25) is 0 Å². The molecule has 0 unspecified atom stereocenters. The molecule has 0 radical (unpaired) electrons. The quantitative estimate of drug-likeness (QED) is 0.242. The van der Waals surface area contributed by atoms with Gasteiger partial charge in [-0.25, -0.2) is 4.98 Å². The third kappa shape index (κ3) is 4.48. The summed E-state index contributed by atoms with van der Waals surface area (Å²) in [5.74, 6) is 1.50. The van der Waals surface area contributed by atoms with Gasteiger partial charge in [-0.1, -0.05) is 71.4 Å². The second-order valence-electron chi connectivity index (χ2n) is 7.28. The zero-order valence-corrected chi connectivity index (χ0v) is 19.7. The van der Waals surface area contributed by atoms with Gasteiger partial charge in [-0.15, -0.1) is 21.5 Å². The molecule has 0 aliphatic carbocycles. The van der Waals surface area contributed by atoms with Crippen LogP contribution < -0.4 is 0 Å². The number of aryl methyl sites for hydroxylation is 1. The van der Waals surface area contributed by atoms with Crippen LogP contribution in [0.1, 0.15) is 11.3 Å². The Hall–Kier alpha value is -2.93. The first kappa shape index (κ1) is 20.9. The maximum atomic E-state index is 6.09. The van der Waals surface area contributed by atoms with E-state index in [4.69, 9.17) is 16.6 Å². The fourth-order valence-corrected chi connectivity index (χ4v) is 5.20. The molecular formula is C25H19ClN4S2. The predicted octanol–water partition coefficient (Wildman–Crippen LogP) is 7.31. The molecule has 5 aromatic rings. The van der Waals surface area contributed by atoms with Crippen LogP contribution >= 0.6 is 34.7 Å². The Labute approximate surface area is 200 Å². The molecule has 5 rings (SSSR count). The maximum absolute atomic E-state index is 6.09. The summed E-state index contributed by atoms with van der Waals surface area (Å²) in [4.78, 5) is 4.81. The first-order chi connectivity index (χ1) is 15.7. The smallest absolute Gasteiger partial charge is 0.196 e. The molecular weight excluding hydrogens is 456 g/mol.